The highest BCUT2D eigenvalue weighted by molar-refractivity contribution is 5.93. The lowest BCUT2D eigenvalue weighted by Crippen LogP contribution is -3.11. The second-order valence-corrected chi connectivity index (χ2v) is 7.17. The summed E-state index contributed by atoms with van der Waals surface area (Å²) in [6.07, 6.45) is 1.01. The Morgan fingerprint density at radius 3 is 2.19 bits per heavy atom. The van der Waals surface area contributed by atoms with E-state index in [0.29, 0.717) is 5.92 Å². The molecule has 5 heteroatoms. The summed E-state index contributed by atoms with van der Waals surface area (Å²) < 4.78 is 0. The molecule has 144 valence electrons. The predicted molar refractivity (Wildman–Crippen MR) is 110 cm³/mol. The van der Waals surface area contributed by atoms with E-state index >= 15 is 0 Å². The van der Waals surface area contributed by atoms with Crippen molar-refractivity contribution in [2.45, 2.75) is 33.1 Å². The van der Waals surface area contributed by atoms with Gasteiger partial charge >= 0.3 is 0 Å². The number of quaternary nitrogens is 1. The van der Waals surface area contributed by atoms with E-state index < -0.39 is 0 Å². The quantitative estimate of drug-likeness (QED) is 0.671. The lowest BCUT2D eigenvalue weighted by Gasteiger charge is -2.17. The third-order valence-electron chi connectivity index (χ3n) is 4.64. The van der Waals surface area contributed by atoms with E-state index in [2.05, 4.69) is 30.5 Å². The van der Waals surface area contributed by atoms with Gasteiger partial charge in [0.1, 0.15) is 0 Å². The summed E-state index contributed by atoms with van der Waals surface area (Å²) in [5.74, 6) is 0.183. The summed E-state index contributed by atoms with van der Waals surface area (Å²) in [4.78, 5) is 25.4. The molecule has 0 heterocycles. The number of likely N-dealkylation sites (N-methyl/N-ethyl adjacent to an activating group) is 1. The summed E-state index contributed by atoms with van der Waals surface area (Å²) in [6, 6.07) is 15.6. The molecule has 0 bridgehead atoms. The fourth-order valence-electron chi connectivity index (χ4n) is 2.91. The average molecular weight is 369 g/mol. The van der Waals surface area contributed by atoms with Gasteiger partial charge in [-0.2, -0.15) is 0 Å². The molecular weight excluding hydrogens is 338 g/mol. The van der Waals surface area contributed by atoms with Crippen LogP contribution in [0.15, 0.2) is 48.5 Å². The summed E-state index contributed by atoms with van der Waals surface area (Å²) in [6.45, 7) is 6.75. The molecule has 0 spiro atoms. The Morgan fingerprint density at radius 2 is 1.56 bits per heavy atom. The zero-order chi connectivity index (χ0) is 19.8. The minimum atomic E-state index is -0.107. The third kappa shape index (κ3) is 6.53. The Kier molecular flexibility index (Phi) is 7.55. The van der Waals surface area contributed by atoms with Crippen LogP contribution in [-0.4, -0.2) is 32.0 Å². The molecule has 2 atom stereocenters. The van der Waals surface area contributed by atoms with Gasteiger partial charge in [-0.15, -0.1) is 0 Å². The maximum atomic E-state index is 12.4. The molecule has 0 saturated heterocycles. The zero-order valence-corrected chi connectivity index (χ0v) is 16.6. The standard InChI is InChI=1S/C22H29N3O2/c1-5-17(3)19-8-6-7-9-20(19)24-22(27)15-25(4)14-21(26)23-18-12-10-16(2)11-13-18/h6-13,17H,5,14-15H2,1-4H3,(H,23,26)(H,24,27)/p+1/t17-/m0/s1. The van der Waals surface area contributed by atoms with E-state index in [9.17, 15) is 9.59 Å². The highest BCUT2D eigenvalue weighted by atomic mass is 16.2. The summed E-state index contributed by atoms with van der Waals surface area (Å²) in [7, 11) is 1.84. The highest BCUT2D eigenvalue weighted by Crippen LogP contribution is 2.26. The molecule has 5 nitrogen and oxygen atoms in total. The Balaban J connectivity index is 1.86. The second-order valence-electron chi connectivity index (χ2n) is 7.17. The van der Waals surface area contributed by atoms with Crippen LogP contribution in [0.25, 0.3) is 0 Å². The van der Waals surface area contributed by atoms with Crippen LogP contribution in [-0.2, 0) is 9.59 Å². The number of anilines is 2. The first kappa shape index (κ1) is 20.6. The minimum Gasteiger partial charge on any atom is -0.322 e. The molecule has 0 aromatic heterocycles. The van der Waals surface area contributed by atoms with Gasteiger partial charge < -0.3 is 15.5 Å². The number of aryl methyl sites for hydroxylation is 1. The first-order valence-corrected chi connectivity index (χ1v) is 9.45. The van der Waals surface area contributed by atoms with Crippen LogP contribution in [0, 0.1) is 6.92 Å². The summed E-state index contributed by atoms with van der Waals surface area (Å²) >= 11 is 0. The summed E-state index contributed by atoms with van der Waals surface area (Å²) in [5, 5.41) is 5.86. The van der Waals surface area contributed by atoms with Crippen LogP contribution in [0.1, 0.15) is 37.3 Å². The SMILES string of the molecule is CC[C@H](C)c1ccccc1NC(=O)C[NH+](C)CC(=O)Nc1ccc(C)cc1. The van der Waals surface area contributed by atoms with E-state index in [1.165, 1.54) is 0 Å². The van der Waals surface area contributed by atoms with Crippen LogP contribution in [0.5, 0.6) is 0 Å². The molecule has 2 aromatic rings. The number of para-hydroxylation sites is 1. The molecule has 0 radical (unpaired) electrons. The Morgan fingerprint density at radius 1 is 0.963 bits per heavy atom. The topological polar surface area (TPSA) is 62.6 Å². The lowest BCUT2D eigenvalue weighted by atomic mass is 9.97. The fourth-order valence-corrected chi connectivity index (χ4v) is 2.91. The number of carbonyl (C=O) groups excluding carboxylic acids is 2. The van der Waals surface area contributed by atoms with Gasteiger partial charge in [-0.1, -0.05) is 49.7 Å². The third-order valence-corrected chi connectivity index (χ3v) is 4.64. The molecule has 0 saturated carbocycles. The van der Waals surface area contributed by atoms with Gasteiger partial charge in [-0.25, -0.2) is 0 Å². The van der Waals surface area contributed by atoms with Gasteiger partial charge in [0.05, 0.1) is 7.05 Å². The van der Waals surface area contributed by atoms with E-state index in [1.807, 2.05) is 56.4 Å². The van der Waals surface area contributed by atoms with Crippen molar-refractivity contribution in [3.8, 4) is 0 Å². The second kappa shape index (κ2) is 9.88. The molecule has 0 fully saturated rings. The van der Waals surface area contributed by atoms with Crippen molar-refractivity contribution >= 4 is 23.2 Å². The van der Waals surface area contributed by atoms with Crippen molar-refractivity contribution in [2.24, 2.45) is 0 Å². The normalized spacial score (nSPS) is 12.9. The van der Waals surface area contributed by atoms with E-state index in [0.717, 1.165) is 33.8 Å². The molecule has 0 aliphatic heterocycles. The number of nitrogens with one attached hydrogen (secondary N) is 3. The summed E-state index contributed by atoms with van der Waals surface area (Å²) in [5.41, 5.74) is 3.91. The molecule has 3 N–H and O–H groups in total. The van der Waals surface area contributed by atoms with Crippen molar-refractivity contribution in [1.82, 2.24) is 0 Å². The molecule has 27 heavy (non-hydrogen) atoms. The lowest BCUT2D eigenvalue weighted by molar-refractivity contribution is -0.862. The van der Waals surface area contributed by atoms with Crippen LogP contribution < -0.4 is 15.5 Å². The molecule has 2 amide bonds. The van der Waals surface area contributed by atoms with E-state index in [-0.39, 0.29) is 24.9 Å². The Bertz CT molecular complexity index is 771. The first-order valence-electron chi connectivity index (χ1n) is 9.45. The van der Waals surface area contributed by atoms with E-state index in [1.54, 1.807) is 0 Å². The van der Waals surface area contributed by atoms with Crippen molar-refractivity contribution < 1.29 is 14.5 Å². The number of rotatable bonds is 8. The average Bonchev–Trinajstić information content (AvgIpc) is 2.63. The van der Waals surface area contributed by atoms with Crippen LogP contribution in [0.3, 0.4) is 0 Å². The van der Waals surface area contributed by atoms with Gasteiger partial charge in [-0.05, 0) is 43.0 Å². The van der Waals surface area contributed by atoms with Gasteiger partial charge in [0, 0.05) is 11.4 Å². The number of benzene rings is 2. The highest BCUT2D eigenvalue weighted by Gasteiger charge is 2.16. The molecule has 2 aromatic carbocycles. The predicted octanol–water partition coefficient (Wildman–Crippen LogP) is 2.60. The van der Waals surface area contributed by atoms with Gasteiger partial charge in [0.15, 0.2) is 13.1 Å². The van der Waals surface area contributed by atoms with E-state index in [4.69, 9.17) is 0 Å². The van der Waals surface area contributed by atoms with Crippen LogP contribution in [0.4, 0.5) is 11.4 Å². The van der Waals surface area contributed by atoms with Gasteiger partial charge in [-0.3, -0.25) is 9.59 Å². The van der Waals surface area contributed by atoms with Crippen molar-refractivity contribution in [3.05, 3.63) is 59.7 Å². The minimum absolute atomic E-state index is 0.0913. The molecule has 2 rings (SSSR count). The number of hydrogen-bond acceptors (Lipinski definition) is 2. The van der Waals surface area contributed by atoms with Gasteiger partial charge in [0.2, 0.25) is 0 Å². The Hall–Kier alpha value is -2.66. The largest absolute Gasteiger partial charge is 0.322 e. The van der Waals surface area contributed by atoms with Crippen molar-refractivity contribution in [3.63, 3.8) is 0 Å². The number of carbonyl (C=O) groups is 2. The molecule has 0 aliphatic rings. The van der Waals surface area contributed by atoms with Crippen LogP contribution >= 0.6 is 0 Å². The first-order chi connectivity index (χ1) is 12.9. The van der Waals surface area contributed by atoms with Crippen LogP contribution in [0.2, 0.25) is 0 Å². The number of hydrogen-bond donors (Lipinski definition) is 3. The number of amides is 2. The van der Waals surface area contributed by atoms with Gasteiger partial charge in [0.25, 0.3) is 11.8 Å². The molecular formula is C22H30N3O2+. The van der Waals surface area contributed by atoms with Crippen molar-refractivity contribution in [2.75, 3.05) is 30.8 Å². The molecule has 0 aliphatic carbocycles. The maximum absolute atomic E-state index is 12.4. The molecule has 1 unspecified atom stereocenters. The van der Waals surface area contributed by atoms with Crippen molar-refractivity contribution in [1.29, 1.82) is 0 Å². The Labute approximate surface area is 161 Å². The zero-order valence-electron chi connectivity index (χ0n) is 16.6. The maximum Gasteiger partial charge on any atom is 0.279 e. The monoisotopic (exact) mass is 368 g/mol. The fraction of sp³-hybridized carbons (Fsp3) is 0.364. The smallest absolute Gasteiger partial charge is 0.279 e.